The van der Waals surface area contributed by atoms with Gasteiger partial charge in [-0.3, -0.25) is 9.52 Å². The maximum Gasteiger partial charge on any atom is 0.251 e. The quantitative estimate of drug-likeness (QED) is 0.699. The highest BCUT2D eigenvalue weighted by Gasteiger charge is 2.09. The van der Waals surface area contributed by atoms with E-state index in [0.29, 0.717) is 17.8 Å². The summed E-state index contributed by atoms with van der Waals surface area (Å²) in [7, 11) is -3.32. The molecule has 0 spiro atoms. The van der Waals surface area contributed by atoms with Crippen LogP contribution in [0.4, 0.5) is 5.69 Å². The largest absolute Gasteiger partial charge is 0.348 e. The molecule has 0 aromatic heterocycles. The van der Waals surface area contributed by atoms with E-state index in [9.17, 15) is 13.2 Å². The Morgan fingerprint density at radius 2 is 1.62 bits per heavy atom. The SMILES string of the molecule is CCS(=O)(=O)Nc1ccc(C(=O)NCc2cccc3ccccc23)cc1. The second kappa shape index (κ2) is 7.58. The summed E-state index contributed by atoms with van der Waals surface area (Å²) in [5, 5.41) is 5.15. The molecule has 0 radical (unpaired) electrons. The van der Waals surface area contributed by atoms with Gasteiger partial charge in [-0.2, -0.15) is 0 Å². The molecule has 0 fully saturated rings. The first kappa shape index (κ1) is 17.9. The first-order valence-corrected chi connectivity index (χ1v) is 9.99. The van der Waals surface area contributed by atoms with Gasteiger partial charge in [0, 0.05) is 17.8 Å². The topological polar surface area (TPSA) is 75.3 Å². The number of hydrogen-bond donors (Lipinski definition) is 2. The molecule has 0 aliphatic heterocycles. The fourth-order valence-corrected chi connectivity index (χ4v) is 3.31. The number of carbonyl (C=O) groups is 1. The first-order chi connectivity index (χ1) is 12.5. The van der Waals surface area contributed by atoms with E-state index >= 15 is 0 Å². The molecule has 5 nitrogen and oxygen atoms in total. The predicted octanol–water partition coefficient (Wildman–Crippen LogP) is 3.53. The van der Waals surface area contributed by atoms with Crippen LogP contribution in [0, 0.1) is 0 Å². The Hall–Kier alpha value is -2.86. The van der Waals surface area contributed by atoms with Crippen LogP contribution in [0.3, 0.4) is 0 Å². The van der Waals surface area contributed by atoms with E-state index in [2.05, 4.69) is 10.0 Å². The average Bonchev–Trinajstić information content (AvgIpc) is 2.66. The molecule has 0 unspecified atom stereocenters. The van der Waals surface area contributed by atoms with Gasteiger partial charge in [-0.05, 0) is 47.5 Å². The second-order valence-corrected chi connectivity index (χ2v) is 7.91. The molecule has 0 saturated carbocycles. The molecular formula is C20H20N2O3S. The number of amides is 1. The standard InChI is InChI=1S/C20H20N2O3S/c1-2-26(24,25)22-18-12-10-16(11-13-18)20(23)21-14-17-8-5-7-15-6-3-4-9-19(15)17/h3-13,22H,2,14H2,1H3,(H,21,23). The number of rotatable bonds is 6. The number of fused-ring (bicyclic) bond motifs is 1. The van der Waals surface area contributed by atoms with E-state index in [1.165, 1.54) is 0 Å². The van der Waals surface area contributed by atoms with Crippen molar-refractivity contribution >= 4 is 32.4 Å². The summed E-state index contributed by atoms with van der Waals surface area (Å²) < 4.78 is 25.6. The number of benzene rings is 3. The molecule has 3 aromatic rings. The Morgan fingerprint density at radius 3 is 2.35 bits per heavy atom. The van der Waals surface area contributed by atoms with E-state index < -0.39 is 10.0 Å². The van der Waals surface area contributed by atoms with Crippen molar-refractivity contribution in [3.05, 3.63) is 77.9 Å². The minimum Gasteiger partial charge on any atom is -0.348 e. The van der Waals surface area contributed by atoms with Gasteiger partial charge in [-0.1, -0.05) is 42.5 Å². The maximum atomic E-state index is 12.4. The van der Waals surface area contributed by atoms with Gasteiger partial charge in [-0.25, -0.2) is 8.42 Å². The zero-order valence-corrected chi connectivity index (χ0v) is 15.2. The van der Waals surface area contributed by atoms with E-state index in [0.717, 1.165) is 16.3 Å². The van der Waals surface area contributed by atoms with Crippen molar-refractivity contribution in [3.8, 4) is 0 Å². The lowest BCUT2D eigenvalue weighted by atomic mass is 10.0. The van der Waals surface area contributed by atoms with Crippen molar-refractivity contribution < 1.29 is 13.2 Å². The third-order valence-electron chi connectivity index (χ3n) is 4.12. The van der Waals surface area contributed by atoms with E-state index in [1.807, 2.05) is 42.5 Å². The van der Waals surface area contributed by atoms with Crippen molar-refractivity contribution in [2.24, 2.45) is 0 Å². The highest BCUT2D eigenvalue weighted by molar-refractivity contribution is 7.92. The summed E-state index contributed by atoms with van der Waals surface area (Å²) in [6.07, 6.45) is 0. The molecule has 0 atom stereocenters. The maximum absolute atomic E-state index is 12.4. The molecular weight excluding hydrogens is 348 g/mol. The van der Waals surface area contributed by atoms with Crippen LogP contribution in [0.25, 0.3) is 10.8 Å². The lowest BCUT2D eigenvalue weighted by Gasteiger charge is -2.10. The molecule has 3 rings (SSSR count). The lowest BCUT2D eigenvalue weighted by Crippen LogP contribution is -2.23. The van der Waals surface area contributed by atoms with Gasteiger partial charge in [0.25, 0.3) is 5.91 Å². The Labute approximate surface area is 153 Å². The fourth-order valence-electron chi connectivity index (χ4n) is 2.67. The third-order valence-corrected chi connectivity index (χ3v) is 5.43. The van der Waals surface area contributed by atoms with Crippen LogP contribution in [0.2, 0.25) is 0 Å². The molecule has 0 heterocycles. The zero-order chi connectivity index (χ0) is 18.6. The second-order valence-electron chi connectivity index (χ2n) is 5.90. The molecule has 1 amide bonds. The highest BCUT2D eigenvalue weighted by atomic mass is 32.2. The normalized spacial score (nSPS) is 11.3. The number of anilines is 1. The molecule has 6 heteroatoms. The predicted molar refractivity (Wildman–Crippen MR) is 105 cm³/mol. The number of hydrogen-bond acceptors (Lipinski definition) is 3. The highest BCUT2D eigenvalue weighted by Crippen LogP contribution is 2.18. The van der Waals surface area contributed by atoms with Gasteiger partial charge in [0.2, 0.25) is 10.0 Å². The first-order valence-electron chi connectivity index (χ1n) is 8.34. The summed E-state index contributed by atoms with van der Waals surface area (Å²) >= 11 is 0. The van der Waals surface area contributed by atoms with Crippen LogP contribution in [0.1, 0.15) is 22.8 Å². The van der Waals surface area contributed by atoms with Gasteiger partial charge < -0.3 is 5.32 Å². The Bertz CT molecular complexity index is 1020. The molecule has 0 aliphatic rings. The minimum atomic E-state index is -3.32. The Kier molecular flexibility index (Phi) is 5.23. The van der Waals surface area contributed by atoms with Crippen molar-refractivity contribution in [1.29, 1.82) is 0 Å². The molecule has 26 heavy (non-hydrogen) atoms. The lowest BCUT2D eigenvalue weighted by molar-refractivity contribution is 0.0951. The van der Waals surface area contributed by atoms with E-state index in [1.54, 1.807) is 31.2 Å². The zero-order valence-electron chi connectivity index (χ0n) is 14.4. The molecule has 2 N–H and O–H groups in total. The summed E-state index contributed by atoms with van der Waals surface area (Å²) in [4.78, 5) is 12.4. The van der Waals surface area contributed by atoms with Crippen LogP contribution < -0.4 is 10.0 Å². The molecule has 0 saturated heterocycles. The van der Waals surface area contributed by atoms with Crippen molar-refractivity contribution in [2.75, 3.05) is 10.5 Å². The third kappa shape index (κ3) is 4.21. The van der Waals surface area contributed by atoms with Gasteiger partial charge >= 0.3 is 0 Å². The Balaban J connectivity index is 1.68. The number of nitrogens with one attached hydrogen (secondary N) is 2. The van der Waals surface area contributed by atoms with Gasteiger partial charge in [-0.15, -0.1) is 0 Å². The smallest absolute Gasteiger partial charge is 0.251 e. The molecule has 0 bridgehead atoms. The summed E-state index contributed by atoms with van der Waals surface area (Å²) in [5.41, 5.74) is 1.96. The van der Waals surface area contributed by atoms with Crippen LogP contribution in [0.15, 0.2) is 66.7 Å². The van der Waals surface area contributed by atoms with Gasteiger partial charge in [0.1, 0.15) is 0 Å². The van der Waals surface area contributed by atoms with Crippen LogP contribution >= 0.6 is 0 Å². The average molecular weight is 368 g/mol. The Morgan fingerprint density at radius 1 is 0.923 bits per heavy atom. The van der Waals surface area contributed by atoms with E-state index in [-0.39, 0.29) is 11.7 Å². The molecule has 0 aliphatic carbocycles. The minimum absolute atomic E-state index is 0.000267. The van der Waals surface area contributed by atoms with Crippen LogP contribution in [-0.2, 0) is 16.6 Å². The monoisotopic (exact) mass is 368 g/mol. The van der Waals surface area contributed by atoms with Gasteiger partial charge in [0.05, 0.1) is 5.75 Å². The summed E-state index contributed by atoms with van der Waals surface area (Å²) in [6.45, 7) is 1.99. The molecule has 3 aromatic carbocycles. The fraction of sp³-hybridized carbons (Fsp3) is 0.150. The van der Waals surface area contributed by atoms with Crippen molar-refractivity contribution in [1.82, 2.24) is 5.32 Å². The van der Waals surface area contributed by atoms with E-state index in [4.69, 9.17) is 0 Å². The van der Waals surface area contributed by atoms with Crippen molar-refractivity contribution in [3.63, 3.8) is 0 Å². The summed E-state index contributed by atoms with van der Waals surface area (Å²) in [5.74, 6) is -0.205. The van der Waals surface area contributed by atoms with Crippen LogP contribution in [-0.4, -0.2) is 20.1 Å². The van der Waals surface area contributed by atoms with Crippen molar-refractivity contribution in [2.45, 2.75) is 13.5 Å². The molecule has 134 valence electrons. The van der Waals surface area contributed by atoms with Gasteiger partial charge in [0.15, 0.2) is 0 Å². The number of carbonyl (C=O) groups excluding carboxylic acids is 1. The van der Waals surface area contributed by atoms with Crippen LogP contribution in [0.5, 0.6) is 0 Å². The number of sulfonamides is 1. The summed E-state index contributed by atoms with van der Waals surface area (Å²) in [6, 6.07) is 20.4.